The molecule has 2 aromatic rings. The van der Waals surface area contributed by atoms with E-state index in [4.69, 9.17) is 0 Å². The van der Waals surface area contributed by atoms with Crippen molar-refractivity contribution in [1.82, 2.24) is 19.9 Å². The molecular weight excluding hydrogens is 284 g/mol. The van der Waals surface area contributed by atoms with Crippen LogP contribution >= 0.6 is 11.3 Å². The Hall–Kier alpha value is -1.43. The van der Waals surface area contributed by atoms with E-state index in [0.717, 1.165) is 27.8 Å². The van der Waals surface area contributed by atoms with E-state index in [0.29, 0.717) is 18.9 Å². The van der Waals surface area contributed by atoms with Crippen LogP contribution in [-0.4, -0.2) is 20.5 Å². The number of nitrogens with one attached hydrogen (secondary N) is 1. The molecule has 1 N–H and O–H groups in total. The summed E-state index contributed by atoms with van der Waals surface area (Å²) in [5.74, 6) is 0.740. The third-order valence-corrected chi connectivity index (χ3v) is 5.30. The van der Waals surface area contributed by atoms with Crippen molar-refractivity contribution in [2.24, 2.45) is 5.92 Å². The van der Waals surface area contributed by atoms with Crippen LogP contribution in [0, 0.1) is 12.8 Å². The van der Waals surface area contributed by atoms with Gasteiger partial charge < -0.3 is 5.32 Å². The quantitative estimate of drug-likeness (QED) is 0.924. The summed E-state index contributed by atoms with van der Waals surface area (Å²) in [6.45, 7) is 4.59. The number of hydrogen-bond donors (Lipinski definition) is 1. The minimum absolute atomic E-state index is 0.155. The fraction of sp³-hybridized carbons (Fsp3) is 0.667. The van der Waals surface area contributed by atoms with Crippen molar-refractivity contribution in [3.8, 4) is 0 Å². The summed E-state index contributed by atoms with van der Waals surface area (Å²) in [7, 11) is 0. The molecule has 0 atom stereocenters. The number of carbonyl (C=O) groups is 1. The zero-order valence-corrected chi connectivity index (χ0v) is 13.5. The predicted molar refractivity (Wildman–Crippen MR) is 83.4 cm³/mol. The van der Waals surface area contributed by atoms with Crippen molar-refractivity contribution in [3.63, 3.8) is 0 Å². The number of amides is 1. The summed E-state index contributed by atoms with van der Waals surface area (Å²) < 4.78 is 1.88. The SMILES string of the molecule is CCc1nn2c(CNC(=O)CC3CCCC3)c(C)nc2s1. The summed E-state index contributed by atoms with van der Waals surface area (Å²) in [5, 5.41) is 8.67. The van der Waals surface area contributed by atoms with Crippen LogP contribution in [0.15, 0.2) is 0 Å². The Labute approximate surface area is 128 Å². The highest BCUT2D eigenvalue weighted by atomic mass is 32.1. The van der Waals surface area contributed by atoms with Crippen LogP contribution in [0.1, 0.15) is 55.4 Å². The van der Waals surface area contributed by atoms with Gasteiger partial charge in [-0.25, -0.2) is 9.50 Å². The number of fused-ring (bicyclic) bond motifs is 1. The maximum Gasteiger partial charge on any atom is 0.220 e. The third-order valence-electron chi connectivity index (χ3n) is 4.24. The van der Waals surface area contributed by atoms with Gasteiger partial charge in [0.05, 0.1) is 17.9 Å². The molecule has 0 aliphatic heterocycles. The van der Waals surface area contributed by atoms with E-state index in [1.165, 1.54) is 25.7 Å². The number of imidazole rings is 1. The van der Waals surface area contributed by atoms with Crippen LogP contribution < -0.4 is 5.32 Å². The third kappa shape index (κ3) is 3.10. The maximum absolute atomic E-state index is 12.0. The minimum Gasteiger partial charge on any atom is -0.350 e. The second-order valence-electron chi connectivity index (χ2n) is 5.82. The summed E-state index contributed by atoms with van der Waals surface area (Å²) in [6.07, 6.45) is 6.54. The molecule has 21 heavy (non-hydrogen) atoms. The molecule has 5 nitrogen and oxygen atoms in total. The minimum atomic E-state index is 0.155. The van der Waals surface area contributed by atoms with Crippen molar-refractivity contribution in [3.05, 3.63) is 16.4 Å². The van der Waals surface area contributed by atoms with Crippen LogP contribution in [0.5, 0.6) is 0 Å². The van der Waals surface area contributed by atoms with E-state index in [-0.39, 0.29) is 5.91 Å². The molecule has 0 unspecified atom stereocenters. The van der Waals surface area contributed by atoms with Crippen molar-refractivity contribution in [1.29, 1.82) is 0 Å². The van der Waals surface area contributed by atoms with E-state index >= 15 is 0 Å². The Kier molecular flexibility index (Phi) is 4.24. The topological polar surface area (TPSA) is 59.3 Å². The molecule has 2 heterocycles. The molecular formula is C15H22N4OS. The van der Waals surface area contributed by atoms with Crippen LogP contribution in [0.4, 0.5) is 0 Å². The zero-order valence-electron chi connectivity index (χ0n) is 12.7. The molecule has 1 amide bonds. The highest BCUT2D eigenvalue weighted by Gasteiger charge is 2.19. The Balaban J connectivity index is 1.65. The second kappa shape index (κ2) is 6.13. The van der Waals surface area contributed by atoms with Gasteiger partial charge >= 0.3 is 0 Å². The van der Waals surface area contributed by atoms with Gasteiger partial charge in [-0.1, -0.05) is 31.1 Å². The second-order valence-corrected chi connectivity index (χ2v) is 6.86. The molecule has 0 saturated heterocycles. The van der Waals surface area contributed by atoms with Gasteiger partial charge in [-0.3, -0.25) is 4.79 Å². The Bertz CT molecular complexity index is 639. The molecule has 1 aliphatic carbocycles. The number of aryl methyl sites for hydroxylation is 2. The summed E-state index contributed by atoms with van der Waals surface area (Å²) in [4.78, 5) is 17.5. The molecule has 3 rings (SSSR count). The fourth-order valence-electron chi connectivity index (χ4n) is 3.01. The standard InChI is InChI=1S/C15H22N4OS/c1-3-14-18-19-12(10(2)17-15(19)21-14)9-16-13(20)8-11-6-4-5-7-11/h11H,3-9H2,1-2H3,(H,16,20). The first-order valence-electron chi connectivity index (χ1n) is 7.78. The highest BCUT2D eigenvalue weighted by molar-refractivity contribution is 7.16. The van der Waals surface area contributed by atoms with E-state index < -0.39 is 0 Å². The number of nitrogens with zero attached hydrogens (tertiary/aromatic N) is 3. The molecule has 6 heteroatoms. The van der Waals surface area contributed by atoms with E-state index in [1.54, 1.807) is 11.3 Å². The average molecular weight is 306 g/mol. The van der Waals surface area contributed by atoms with E-state index in [1.807, 2.05) is 11.4 Å². The van der Waals surface area contributed by atoms with Gasteiger partial charge in [-0.2, -0.15) is 5.10 Å². The van der Waals surface area contributed by atoms with Gasteiger partial charge in [0.15, 0.2) is 0 Å². The average Bonchev–Trinajstić information content (AvgIpc) is 3.13. The maximum atomic E-state index is 12.0. The molecule has 2 aromatic heterocycles. The molecule has 0 bridgehead atoms. The highest BCUT2D eigenvalue weighted by Crippen LogP contribution is 2.27. The van der Waals surface area contributed by atoms with Crippen LogP contribution in [0.25, 0.3) is 4.96 Å². The molecule has 1 fully saturated rings. The molecule has 1 aliphatic rings. The Morgan fingerprint density at radius 2 is 2.19 bits per heavy atom. The van der Waals surface area contributed by atoms with Crippen LogP contribution in [-0.2, 0) is 17.8 Å². The van der Waals surface area contributed by atoms with Gasteiger partial charge in [0.1, 0.15) is 5.01 Å². The Morgan fingerprint density at radius 3 is 2.90 bits per heavy atom. The lowest BCUT2D eigenvalue weighted by molar-refractivity contribution is -0.122. The van der Waals surface area contributed by atoms with Gasteiger partial charge in [0.25, 0.3) is 0 Å². The number of carbonyl (C=O) groups excluding carboxylic acids is 1. The van der Waals surface area contributed by atoms with Gasteiger partial charge in [-0.15, -0.1) is 0 Å². The van der Waals surface area contributed by atoms with Crippen molar-refractivity contribution >= 4 is 22.2 Å². The van der Waals surface area contributed by atoms with Crippen LogP contribution in [0.3, 0.4) is 0 Å². The lowest BCUT2D eigenvalue weighted by Crippen LogP contribution is -2.25. The summed E-state index contributed by atoms with van der Waals surface area (Å²) in [5.41, 5.74) is 1.96. The molecule has 0 spiro atoms. The van der Waals surface area contributed by atoms with Crippen LogP contribution in [0.2, 0.25) is 0 Å². The monoisotopic (exact) mass is 306 g/mol. The first-order chi connectivity index (χ1) is 10.2. The predicted octanol–water partition coefficient (Wildman–Crippen LogP) is 2.86. The smallest absolute Gasteiger partial charge is 0.220 e. The number of aromatic nitrogens is 3. The van der Waals surface area contributed by atoms with Gasteiger partial charge in [0, 0.05) is 6.42 Å². The van der Waals surface area contributed by atoms with E-state index in [2.05, 4.69) is 22.3 Å². The molecule has 0 radical (unpaired) electrons. The summed E-state index contributed by atoms with van der Waals surface area (Å²) in [6, 6.07) is 0. The molecule has 114 valence electrons. The van der Waals surface area contributed by atoms with Crippen molar-refractivity contribution in [2.45, 2.75) is 58.9 Å². The lowest BCUT2D eigenvalue weighted by atomic mass is 10.0. The molecule has 1 saturated carbocycles. The molecule has 0 aromatic carbocycles. The first-order valence-corrected chi connectivity index (χ1v) is 8.59. The Morgan fingerprint density at radius 1 is 1.43 bits per heavy atom. The van der Waals surface area contributed by atoms with E-state index in [9.17, 15) is 4.79 Å². The van der Waals surface area contributed by atoms with Crippen molar-refractivity contribution < 1.29 is 4.79 Å². The summed E-state index contributed by atoms with van der Waals surface area (Å²) >= 11 is 1.62. The van der Waals surface area contributed by atoms with Crippen molar-refractivity contribution in [2.75, 3.05) is 0 Å². The van der Waals surface area contributed by atoms with Gasteiger partial charge in [-0.05, 0) is 32.1 Å². The lowest BCUT2D eigenvalue weighted by Gasteiger charge is -2.09. The van der Waals surface area contributed by atoms with Gasteiger partial charge in [0.2, 0.25) is 10.9 Å². The fourth-order valence-corrected chi connectivity index (χ4v) is 3.91. The number of hydrogen-bond acceptors (Lipinski definition) is 4. The normalized spacial score (nSPS) is 15.9. The number of rotatable bonds is 5. The zero-order chi connectivity index (χ0) is 14.8. The first kappa shape index (κ1) is 14.5. The largest absolute Gasteiger partial charge is 0.350 e.